The van der Waals surface area contributed by atoms with Crippen molar-refractivity contribution in [2.24, 2.45) is 4.99 Å². The second kappa shape index (κ2) is 10.7. The third kappa shape index (κ3) is 6.02. The molecule has 0 aliphatic carbocycles. The van der Waals surface area contributed by atoms with E-state index in [1.165, 1.54) is 7.11 Å². The molecule has 0 aromatic heterocycles. The van der Waals surface area contributed by atoms with E-state index in [9.17, 15) is 9.59 Å². The van der Waals surface area contributed by atoms with E-state index in [4.69, 9.17) is 9.47 Å². The molecule has 0 heterocycles. The van der Waals surface area contributed by atoms with Gasteiger partial charge in [0.25, 0.3) is 5.91 Å². The SMILES string of the molecule is COC(=O)/N=C(/C[C@H](NC(=O)c1ccccc1)c1ccc(OC)cc1)c1ccccc1. The molecule has 0 aliphatic heterocycles. The predicted octanol–water partition coefficient (Wildman–Crippen LogP) is 4.81. The maximum atomic E-state index is 12.9. The first-order valence-corrected chi connectivity index (χ1v) is 9.81. The smallest absolute Gasteiger partial charge is 0.433 e. The minimum Gasteiger partial charge on any atom is -0.497 e. The Morgan fingerprint density at radius 2 is 1.42 bits per heavy atom. The molecule has 3 aromatic carbocycles. The van der Waals surface area contributed by atoms with Crippen molar-refractivity contribution >= 4 is 17.7 Å². The molecule has 6 nitrogen and oxygen atoms in total. The summed E-state index contributed by atoms with van der Waals surface area (Å²) < 4.78 is 9.98. The van der Waals surface area contributed by atoms with Crippen LogP contribution in [0.1, 0.15) is 33.9 Å². The molecule has 3 aromatic rings. The van der Waals surface area contributed by atoms with Crippen LogP contribution in [0.15, 0.2) is 89.9 Å². The molecule has 0 radical (unpaired) electrons. The van der Waals surface area contributed by atoms with Crippen LogP contribution in [0.25, 0.3) is 0 Å². The van der Waals surface area contributed by atoms with E-state index >= 15 is 0 Å². The van der Waals surface area contributed by atoms with Crippen molar-refractivity contribution in [2.75, 3.05) is 14.2 Å². The molecule has 1 N–H and O–H groups in total. The number of hydrogen-bond acceptors (Lipinski definition) is 4. The van der Waals surface area contributed by atoms with Crippen LogP contribution in [0.3, 0.4) is 0 Å². The number of carbonyl (C=O) groups is 2. The molecule has 0 saturated heterocycles. The van der Waals surface area contributed by atoms with Gasteiger partial charge in [0.15, 0.2) is 0 Å². The number of benzene rings is 3. The van der Waals surface area contributed by atoms with Crippen molar-refractivity contribution in [1.82, 2.24) is 5.32 Å². The number of carbonyl (C=O) groups excluding carboxylic acids is 2. The largest absolute Gasteiger partial charge is 0.497 e. The zero-order chi connectivity index (χ0) is 22.1. The van der Waals surface area contributed by atoms with Crippen LogP contribution in [0.2, 0.25) is 0 Å². The first-order chi connectivity index (χ1) is 15.1. The first kappa shape index (κ1) is 21.8. The topological polar surface area (TPSA) is 77.0 Å². The lowest BCUT2D eigenvalue weighted by Gasteiger charge is -2.21. The molecular weight excluding hydrogens is 392 g/mol. The first-order valence-electron chi connectivity index (χ1n) is 9.81. The summed E-state index contributed by atoms with van der Waals surface area (Å²) in [4.78, 5) is 28.9. The number of amides is 2. The fraction of sp³-hybridized carbons (Fsp3) is 0.160. The van der Waals surface area contributed by atoms with Crippen LogP contribution >= 0.6 is 0 Å². The highest BCUT2D eigenvalue weighted by Crippen LogP contribution is 2.23. The van der Waals surface area contributed by atoms with Crippen molar-refractivity contribution in [1.29, 1.82) is 0 Å². The van der Waals surface area contributed by atoms with E-state index < -0.39 is 12.1 Å². The maximum Gasteiger partial charge on any atom is 0.433 e. The Morgan fingerprint density at radius 1 is 0.839 bits per heavy atom. The lowest BCUT2D eigenvalue weighted by molar-refractivity contribution is 0.0938. The van der Waals surface area contributed by atoms with Gasteiger partial charge in [0, 0.05) is 12.0 Å². The van der Waals surface area contributed by atoms with Gasteiger partial charge in [-0.1, -0.05) is 60.7 Å². The van der Waals surface area contributed by atoms with Crippen LogP contribution in [-0.2, 0) is 4.74 Å². The van der Waals surface area contributed by atoms with Gasteiger partial charge in [-0.25, -0.2) is 4.79 Å². The molecule has 0 saturated carbocycles. The molecule has 2 amide bonds. The molecule has 0 bridgehead atoms. The maximum absolute atomic E-state index is 12.9. The van der Waals surface area contributed by atoms with Gasteiger partial charge in [0.1, 0.15) is 5.75 Å². The van der Waals surface area contributed by atoms with Gasteiger partial charge in [0.05, 0.1) is 26.0 Å². The molecule has 0 spiro atoms. The summed E-state index contributed by atoms with van der Waals surface area (Å²) in [5, 5.41) is 3.07. The highest BCUT2D eigenvalue weighted by Gasteiger charge is 2.20. The fourth-order valence-corrected chi connectivity index (χ4v) is 3.13. The zero-order valence-electron chi connectivity index (χ0n) is 17.4. The second-order valence-corrected chi connectivity index (χ2v) is 6.76. The van der Waals surface area contributed by atoms with Crippen molar-refractivity contribution in [3.63, 3.8) is 0 Å². The van der Waals surface area contributed by atoms with Crippen LogP contribution in [-0.4, -0.2) is 31.9 Å². The highest BCUT2D eigenvalue weighted by atomic mass is 16.5. The number of methoxy groups -OCH3 is 2. The summed E-state index contributed by atoms with van der Waals surface area (Å²) in [6.45, 7) is 0. The molecule has 0 aliphatic rings. The third-order valence-corrected chi connectivity index (χ3v) is 4.76. The van der Waals surface area contributed by atoms with Gasteiger partial charge in [-0.05, 0) is 35.4 Å². The van der Waals surface area contributed by atoms with Gasteiger partial charge >= 0.3 is 6.09 Å². The fourth-order valence-electron chi connectivity index (χ4n) is 3.13. The molecule has 31 heavy (non-hydrogen) atoms. The molecular formula is C25H24N2O4. The van der Waals surface area contributed by atoms with E-state index in [1.807, 2.05) is 72.8 Å². The Bertz CT molecular complexity index is 1030. The van der Waals surface area contributed by atoms with E-state index in [0.717, 1.165) is 11.1 Å². The number of hydrogen-bond donors (Lipinski definition) is 1. The molecule has 0 fully saturated rings. The minimum absolute atomic E-state index is 0.216. The van der Waals surface area contributed by atoms with E-state index in [1.54, 1.807) is 19.2 Å². The monoisotopic (exact) mass is 416 g/mol. The zero-order valence-corrected chi connectivity index (χ0v) is 17.4. The van der Waals surface area contributed by atoms with E-state index in [-0.39, 0.29) is 5.91 Å². The van der Waals surface area contributed by atoms with Gasteiger partial charge in [-0.15, -0.1) is 0 Å². The molecule has 6 heteroatoms. The molecule has 158 valence electrons. The lowest BCUT2D eigenvalue weighted by atomic mass is 9.96. The van der Waals surface area contributed by atoms with Gasteiger partial charge < -0.3 is 14.8 Å². The molecule has 0 unspecified atom stereocenters. The van der Waals surface area contributed by atoms with Crippen molar-refractivity contribution in [3.05, 3.63) is 102 Å². The third-order valence-electron chi connectivity index (χ3n) is 4.76. The Hall–Kier alpha value is -3.93. The van der Waals surface area contributed by atoms with Crippen LogP contribution in [0, 0.1) is 0 Å². The van der Waals surface area contributed by atoms with E-state index in [2.05, 4.69) is 10.3 Å². The van der Waals surface area contributed by atoms with Gasteiger partial charge in [-0.3, -0.25) is 4.79 Å². The van der Waals surface area contributed by atoms with Crippen molar-refractivity contribution in [3.8, 4) is 5.75 Å². The molecule has 3 rings (SSSR count). The summed E-state index contributed by atoms with van der Waals surface area (Å²) in [5.41, 5.74) is 2.70. The average Bonchev–Trinajstić information content (AvgIpc) is 2.84. The Kier molecular flexibility index (Phi) is 7.54. The van der Waals surface area contributed by atoms with E-state index in [0.29, 0.717) is 23.4 Å². The standard InChI is InChI=1S/C25H24N2O4/c1-30-21-15-13-19(14-16-21)22(26-24(28)20-11-7-4-8-12-20)17-23(27-25(29)31-2)18-9-5-3-6-10-18/h3-16,22H,17H2,1-2H3,(H,26,28)/b27-23-/t22-/m0/s1. The van der Waals surface area contributed by atoms with Crippen LogP contribution < -0.4 is 10.1 Å². The summed E-state index contributed by atoms with van der Waals surface area (Å²) in [7, 11) is 2.88. The Labute approximate surface area is 181 Å². The number of nitrogens with one attached hydrogen (secondary N) is 1. The van der Waals surface area contributed by atoms with Gasteiger partial charge in [0.2, 0.25) is 0 Å². The number of ether oxygens (including phenoxy) is 2. The highest BCUT2D eigenvalue weighted by molar-refractivity contribution is 6.06. The summed E-state index contributed by atoms with van der Waals surface area (Å²) in [5.74, 6) is 0.496. The predicted molar refractivity (Wildman–Crippen MR) is 120 cm³/mol. The minimum atomic E-state index is -0.693. The quantitative estimate of drug-likeness (QED) is 0.561. The van der Waals surface area contributed by atoms with Crippen molar-refractivity contribution < 1.29 is 19.1 Å². The second-order valence-electron chi connectivity index (χ2n) is 6.76. The summed E-state index contributed by atoms with van der Waals surface area (Å²) in [6, 6.07) is 25.3. The summed E-state index contributed by atoms with van der Waals surface area (Å²) in [6.07, 6.45) is -0.397. The number of rotatable bonds is 7. The number of nitrogens with zero attached hydrogens (tertiary/aromatic N) is 1. The normalized spacial score (nSPS) is 12.0. The van der Waals surface area contributed by atoms with Crippen LogP contribution in [0.4, 0.5) is 4.79 Å². The van der Waals surface area contributed by atoms with Gasteiger partial charge in [-0.2, -0.15) is 4.99 Å². The average molecular weight is 416 g/mol. The number of aliphatic imine (C=N–C) groups is 1. The van der Waals surface area contributed by atoms with Crippen LogP contribution in [0.5, 0.6) is 5.75 Å². The Morgan fingerprint density at radius 3 is 1.97 bits per heavy atom. The molecule has 1 atom stereocenters. The lowest BCUT2D eigenvalue weighted by Crippen LogP contribution is -2.30. The Balaban J connectivity index is 1.95. The van der Waals surface area contributed by atoms with Crippen molar-refractivity contribution in [2.45, 2.75) is 12.5 Å². The summed E-state index contributed by atoms with van der Waals surface area (Å²) >= 11 is 0.